The molecule has 1 aromatic carbocycles. The van der Waals surface area contributed by atoms with E-state index in [9.17, 15) is 4.79 Å². The van der Waals surface area contributed by atoms with E-state index < -0.39 is 0 Å². The zero-order valence-electron chi connectivity index (χ0n) is 6.83. The summed E-state index contributed by atoms with van der Waals surface area (Å²) in [5.74, 6) is 0.0912. The summed E-state index contributed by atoms with van der Waals surface area (Å²) >= 11 is 9.38. The molecule has 0 fully saturated rings. The van der Waals surface area contributed by atoms with E-state index in [1.54, 1.807) is 12.1 Å². The number of aromatic hydroxyl groups is 1. The lowest BCUT2D eigenvalue weighted by Crippen LogP contribution is -2.03. The molecule has 2 nitrogen and oxygen atoms in total. The second-order valence-corrected chi connectivity index (χ2v) is 3.42. The molecule has 0 bridgehead atoms. The smallest absolute Gasteiger partial charge is 0.151 e. The zero-order chi connectivity index (χ0) is 9.84. The van der Waals surface area contributed by atoms with Gasteiger partial charge in [0.15, 0.2) is 5.78 Å². The molecular weight excluding hydrogens is 208 g/mol. The van der Waals surface area contributed by atoms with Crippen molar-refractivity contribution in [2.45, 2.75) is 11.3 Å². The van der Waals surface area contributed by atoms with E-state index in [0.717, 1.165) is 5.56 Å². The third kappa shape index (κ3) is 2.94. The Bertz CT molecular complexity index is 325. The highest BCUT2D eigenvalue weighted by Crippen LogP contribution is 2.22. The predicted octanol–water partition coefficient (Wildman–Crippen LogP) is 2.03. The van der Waals surface area contributed by atoms with Gasteiger partial charge in [-0.25, -0.2) is 0 Å². The third-order valence-corrected chi connectivity index (χ3v) is 2.25. The van der Waals surface area contributed by atoms with Gasteiger partial charge in [-0.2, -0.15) is 0 Å². The second-order valence-electron chi connectivity index (χ2n) is 2.67. The fraction of sp³-hybridized carbons (Fsp3) is 0.222. The van der Waals surface area contributed by atoms with E-state index in [0.29, 0.717) is 4.90 Å². The normalized spacial score (nSPS) is 10.0. The first kappa shape index (κ1) is 10.4. The van der Waals surface area contributed by atoms with Crippen molar-refractivity contribution in [3.63, 3.8) is 0 Å². The van der Waals surface area contributed by atoms with Gasteiger partial charge in [0.1, 0.15) is 5.75 Å². The molecule has 13 heavy (non-hydrogen) atoms. The molecule has 0 saturated carbocycles. The molecule has 0 aliphatic carbocycles. The summed E-state index contributed by atoms with van der Waals surface area (Å²) < 4.78 is 0. The average molecular weight is 217 g/mol. The lowest BCUT2D eigenvalue weighted by molar-refractivity contribution is -0.116. The molecule has 0 spiro atoms. The van der Waals surface area contributed by atoms with Crippen molar-refractivity contribution in [3.05, 3.63) is 23.8 Å². The van der Waals surface area contributed by atoms with Crippen LogP contribution in [0.3, 0.4) is 0 Å². The molecule has 0 unspecified atom stereocenters. The molecular formula is C9H9ClO2S. The minimum absolute atomic E-state index is 0.0166. The molecule has 1 rings (SSSR count). The minimum atomic E-state index is -0.0416. The fourth-order valence-corrected chi connectivity index (χ4v) is 1.29. The van der Waals surface area contributed by atoms with E-state index >= 15 is 0 Å². The molecule has 0 aromatic heterocycles. The van der Waals surface area contributed by atoms with Crippen LogP contribution in [0.15, 0.2) is 23.1 Å². The maximum atomic E-state index is 11.0. The van der Waals surface area contributed by atoms with Crippen LogP contribution in [-0.2, 0) is 11.2 Å². The van der Waals surface area contributed by atoms with Crippen molar-refractivity contribution in [1.29, 1.82) is 0 Å². The van der Waals surface area contributed by atoms with Crippen LogP contribution >= 0.6 is 24.2 Å². The number of phenols is 1. The van der Waals surface area contributed by atoms with Crippen LogP contribution < -0.4 is 0 Å². The molecule has 0 aliphatic rings. The highest BCUT2D eigenvalue weighted by Gasteiger charge is 2.03. The molecule has 0 radical (unpaired) electrons. The third-order valence-electron chi connectivity index (χ3n) is 1.59. The monoisotopic (exact) mass is 216 g/mol. The van der Waals surface area contributed by atoms with Crippen molar-refractivity contribution in [2.75, 3.05) is 5.88 Å². The Morgan fingerprint density at radius 3 is 2.77 bits per heavy atom. The number of phenolic OH excluding ortho intramolecular Hbond substituents is 1. The van der Waals surface area contributed by atoms with Gasteiger partial charge in [0, 0.05) is 11.3 Å². The first-order valence-corrected chi connectivity index (χ1v) is 4.70. The van der Waals surface area contributed by atoms with Crippen LogP contribution in [0.2, 0.25) is 0 Å². The van der Waals surface area contributed by atoms with Crippen LogP contribution in [-0.4, -0.2) is 16.8 Å². The Labute approximate surface area is 86.9 Å². The fourth-order valence-electron chi connectivity index (χ4n) is 0.954. The number of ketones is 1. The summed E-state index contributed by atoms with van der Waals surface area (Å²) in [5.41, 5.74) is 0.813. The Morgan fingerprint density at radius 2 is 2.23 bits per heavy atom. The van der Waals surface area contributed by atoms with Gasteiger partial charge in [-0.05, 0) is 17.7 Å². The van der Waals surface area contributed by atoms with Crippen LogP contribution in [0.25, 0.3) is 0 Å². The summed E-state index contributed by atoms with van der Waals surface area (Å²) in [6.07, 6.45) is 0.289. The maximum absolute atomic E-state index is 11.0. The number of rotatable bonds is 3. The number of hydrogen-bond acceptors (Lipinski definition) is 3. The molecule has 0 amide bonds. The van der Waals surface area contributed by atoms with Crippen molar-refractivity contribution in [3.8, 4) is 5.75 Å². The zero-order valence-corrected chi connectivity index (χ0v) is 8.48. The predicted molar refractivity (Wildman–Crippen MR) is 54.8 cm³/mol. The number of thiol groups is 1. The number of Topliss-reactive ketones (excluding diaryl/α,β-unsaturated/α-hetero) is 1. The number of hydrogen-bond donors (Lipinski definition) is 2. The van der Waals surface area contributed by atoms with Crippen LogP contribution in [0.4, 0.5) is 0 Å². The van der Waals surface area contributed by atoms with E-state index in [-0.39, 0.29) is 23.8 Å². The molecule has 0 aliphatic heterocycles. The average Bonchev–Trinajstić information content (AvgIpc) is 2.11. The van der Waals surface area contributed by atoms with Gasteiger partial charge in [-0.1, -0.05) is 6.07 Å². The van der Waals surface area contributed by atoms with Gasteiger partial charge in [0.2, 0.25) is 0 Å². The number of carbonyl (C=O) groups is 1. The van der Waals surface area contributed by atoms with E-state index in [1.807, 2.05) is 0 Å². The van der Waals surface area contributed by atoms with Gasteiger partial charge in [0.05, 0.1) is 5.88 Å². The quantitative estimate of drug-likeness (QED) is 0.599. The van der Waals surface area contributed by atoms with E-state index in [1.165, 1.54) is 6.07 Å². The number of benzene rings is 1. The SMILES string of the molecule is O=C(CCl)Cc1ccc(O)c(S)c1. The van der Waals surface area contributed by atoms with Crippen LogP contribution in [0.1, 0.15) is 5.56 Å². The van der Waals surface area contributed by atoms with E-state index in [4.69, 9.17) is 16.7 Å². The Hall–Kier alpha value is -0.670. The van der Waals surface area contributed by atoms with Gasteiger partial charge >= 0.3 is 0 Å². The topological polar surface area (TPSA) is 37.3 Å². The summed E-state index contributed by atoms with van der Waals surface area (Å²) in [5, 5.41) is 9.15. The molecule has 1 N–H and O–H groups in total. The highest BCUT2D eigenvalue weighted by molar-refractivity contribution is 7.80. The second kappa shape index (κ2) is 4.53. The van der Waals surface area contributed by atoms with Crippen molar-refractivity contribution < 1.29 is 9.90 Å². The Morgan fingerprint density at radius 1 is 1.54 bits per heavy atom. The molecule has 0 atom stereocenters. The standard InChI is InChI=1S/C9H9ClO2S/c10-5-7(11)3-6-1-2-8(12)9(13)4-6/h1-2,4,12-13H,3,5H2. The van der Waals surface area contributed by atoms with Gasteiger partial charge < -0.3 is 5.11 Å². The van der Waals surface area contributed by atoms with Crippen LogP contribution in [0, 0.1) is 0 Å². The lowest BCUT2D eigenvalue weighted by atomic mass is 10.1. The number of alkyl halides is 1. The van der Waals surface area contributed by atoms with Crippen molar-refractivity contribution in [2.24, 2.45) is 0 Å². The van der Waals surface area contributed by atoms with Gasteiger partial charge in [-0.3, -0.25) is 4.79 Å². The molecule has 4 heteroatoms. The van der Waals surface area contributed by atoms with E-state index in [2.05, 4.69) is 12.6 Å². The highest BCUT2D eigenvalue weighted by atomic mass is 35.5. The Kier molecular flexibility index (Phi) is 3.63. The summed E-state index contributed by atoms with van der Waals surface area (Å²) in [6, 6.07) is 4.85. The first-order valence-electron chi connectivity index (χ1n) is 3.72. The van der Waals surface area contributed by atoms with Gasteiger partial charge in [-0.15, -0.1) is 24.2 Å². The molecule has 1 aromatic rings. The summed E-state index contributed by atoms with van der Waals surface area (Å²) in [4.78, 5) is 11.4. The minimum Gasteiger partial charge on any atom is -0.507 e. The molecule has 0 saturated heterocycles. The Balaban J connectivity index is 2.79. The summed E-state index contributed by atoms with van der Waals surface area (Å²) in [7, 11) is 0. The largest absolute Gasteiger partial charge is 0.507 e. The molecule has 70 valence electrons. The molecule has 0 heterocycles. The number of halogens is 1. The van der Waals surface area contributed by atoms with Crippen molar-refractivity contribution >= 4 is 30.0 Å². The van der Waals surface area contributed by atoms with Crippen LogP contribution in [0.5, 0.6) is 5.75 Å². The van der Waals surface area contributed by atoms with Gasteiger partial charge in [0.25, 0.3) is 0 Å². The maximum Gasteiger partial charge on any atom is 0.151 e. The lowest BCUT2D eigenvalue weighted by Gasteiger charge is -2.01. The number of carbonyl (C=O) groups excluding carboxylic acids is 1. The van der Waals surface area contributed by atoms with Crippen molar-refractivity contribution in [1.82, 2.24) is 0 Å². The first-order chi connectivity index (χ1) is 6.13. The summed E-state index contributed by atoms with van der Waals surface area (Å²) in [6.45, 7) is 0.